The third-order valence-corrected chi connectivity index (χ3v) is 7.78. The number of rotatable bonds is 8. The van der Waals surface area contributed by atoms with Crippen molar-refractivity contribution in [2.75, 3.05) is 7.05 Å². The van der Waals surface area contributed by atoms with Crippen LogP contribution in [0.15, 0.2) is 71.6 Å². The largest absolute Gasteiger partial charge is 0.352 e. The van der Waals surface area contributed by atoms with Crippen molar-refractivity contribution >= 4 is 21.8 Å². The molecule has 3 N–H and O–H groups in total. The molecule has 0 bridgehead atoms. The monoisotopic (exact) mass is 541 g/mol. The van der Waals surface area contributed by atoms with Crippen molar-refractivity contribution in [1.29, 1.82) is 0 Å². The number of benzene rings is 3. The second kappa shape index (κ2) is 11.4. The number of carbonyl (C=O) groups excluding carboxylic acids is 2. The number of halogens is 2. The number of carbonyl (C=O) groups is 2. The lowest BCUT2D eigenvalue weighted by Crippen LogP contribution is -2.40. The zero-order valence-corrected chi connectivity index (χ0v) is 21.7. The Hall–Kier alpha value is -3.63. The van der Waals surface area contributed by atoms with Gasteiger partial charge in [0.25, 0.3) is 0 Å². The van der Waals surface area contributed by atoms with Gasteiger partial charge in [0.15, 0.2) is 0 Å². The molecule has 0 heterocycles. The zero-order valence-electron chi connectivity index (χ0n) is 20.9. The van der Waals surface area contributed by atoms with Crippen molar-refractivity contribution in [3.8, 4) is 11.1 Å². The number of sulfonamides is 1. The Balaban J connectivity index is 1.39. The van der Waals surface area contributed by atoms with Crippen LogP contribution in [0.4, 0.5) is 8.78 Å². The Kier molecular flexibility index (Phi) is 8.23. The van der Waals surface area contributed by atoms with Crippen LogP contribution in [-0.4, -0.2) is 32.2 Å². The van der Waals surface area contributed by atoms with Gasteiger partial charge in [-0.1, -0.05) is 48.9 Å². The quantitative estimate of drug-likeness (QED) is 0.450. The van der Waals surface area contributed by atoms with Crippen LogP contribution in [0.3, 0.4) is 0 Å². The summed E-state index contributed by atoms with van der Waals surface area (Å²) >= 11 is 0. The number of hydrogen-bond acceptors (Lipinski definition) is 4. The van der Waals surface area contributed by atoms with Crippen molar-refractivity contribution in [2.24, 2.45) is 17.0 Å². The van der Waals surface area contributed by atoms with Crippen molar-refractivity contribution in [1.82, 2.24) is 10.2 Å². The topological polar surface area (TPSA) is 110 Å². The highest BCUT2D eigenvalue weighted by Gasteiger charge is 2.38. The van der Waals surface area contributed by atoms with Gasteiger partial charge in [0, 0.05) is 43.6 Å². The Morgan fingerprint density at radius 3 is 2.24 bits per heavy atom. The second-order valence-electron chi connectivity index (χ2n) is 9.57. The van der Waals surface area contributed by atoms with E-state index in [1.54, 1.807) is 42.3 Å². The van der Waals surface area contributed by atoms with Crippen molar-refractivity contribution in [3.63, 3.8) is 0 Å². The highest BCUT2D eigenvalue weighted by Crippen LogP contribution is 2.34. The molecule has 7 nitrogen and oxygen atoms in total. The van der Waals surface area contributed by atoms with Crippen LogP contribution >= 0.6 is 0 Å². The van der Waals surface area contributed by atoms with Gasteiger partial charge in [0.05, 0.1) is 4.90 Å². The summed E-state index contributed by atoms with van der Waals surface area (Å²) in [6.45, 7) is 0.283. The molecule has 0 saturated heterocycles. The molecule has 3 aromatic carbocycles. The van der Waals surface area contributed by atoms with E-state index in [0.717, 1.165) is 30.2 Å². The maximum absolute atomic E-state index is 13.4. The summed E-state index contributed by atoms with van der Waals surface area (Å²) in [7, 11) is -2.21. The summed E-state index contributed by atoms with van der Waals surface area (Å²) in [6, 6.07) is 16.7. The summed E-state index contributed by atoms with van der Waals surface area (Å²) in [5, 5.41) is 8.06. The van der Waals surface area contributed by atoms with Gasteiger partial charge in [-0.3, -0.25) is 9.59 Å². The molecule has 4 rings (SSSR count). The van der Waals surface area contributed by atoms with Gasteiger partial charge in [-0.25, -0.2) is 22.3 Å². The predicted octanol–water partition coefficient (Wildman–Crippen LogP) is 3.97. The van der Waals surface area contributed by atoms with Crippen LogP contribution in [0.5, 0.6) is 0 Å². The first-order valence-corrected chi connectivity index (χ1v) is 13.8. The summed E-state index contributed by atoms with van der Waals surface area (Å²) in [6.07, 6.45) is 1.87. The smallest absolute Gasteiger partial charge is 0.238 e. The fraction of sp³-hybridized carbons (Fsp3) is 0.286. The molecule has 10 heteroatoms. The van der Waals surface area contributed by atoms with Gasteiger partial charge in [-0.15, -0.1) is 0 Å². The van der Waals surface area contributed by atoms with Crippen LogP contribution in [0.1, 0.15) is 30.4 Å². The first-order chi connectivity index (χ1) is 18.0. The van der Waals surface area contributed by atoms with E-state index in [9.17, 15) is 26.8 Å². The lowest BCUT2D eigenvalue weighted by molar-refractivity contribution is -0.140. The standard InChI is InChI=1S/C28H29F2N3O4S/c1-33(17-18-9-11-20(12-10-18)23-5-2-3-8-26(23)38(31,36)37)28(35)25-7-4-6-24(25)27(34)32-16-19-13-21(29)15-22(30)14-19/h2-3,5,8-15,24-25H,4,6-7,16-17H2,1H3,(H,32,34)(H2,31,36,37)/t24-,25?/m1/s1. The molecule has 0 radical (unpaired) electrons. The lowest BCUT2D eigenvalue weighted by atomic mass is 9.93. The van der Waals surface area contributed by atoms with E-state index in [4.69, 9.17) is 5.14 Å². The van der Waals surface area contributed by atoms with E-state index in [2.05, 4.69) is 5.32 Å². The summed E-state index contributed by atoms with van der Waals surface area (Å²) < 4.78 is 50.7. The Morgan fingerprint density at radius 1 is 0.947 bits per heavy atom. The highest BCUT2D eigenvalue weighted by atomic mass is 32.2. The minimum atomic E-state index is -3.89. The first kappa shape index (κ1) is 27.4. The minimum absolute atomic E-state index is 0.0261. The normalized spacial score (nSPS) is 17.3. The van der Waals surface area contributed by atoms with E-state index in [-0.39, 0.29) is 23.3 Å². The summed E-state index contributed by atoms with van der Waals surface area (Å²) in [4.78, 5) is 27.7. The Labute approximate surface area is 220 Å². The molecule has 1 saturated carbocycles. The van der Waals surface area contributed by atoms with E-state index in [0.29, 0.717) is 36.1 Å². The van der Waals surface area contributed by atoms with Crippen LogP contribution in [-0.2, 0) is 32.7 Å². The van der Waals surface area contributed by atoms with E-state index >= 15 is 0 Å². The van der Waals surface area contributed by atoms with Crippen molar-refractivity contribution < 1.29 is 26.8 Å². The summed E-state index contributed by atoms with van der Waals surface area (Å²) in [5.74, 6) is -2.89. The molecule has 38 heavy (non-hydrogen) atoms. The van der Waals surface area contributed by atoms with Gasteiger partial charge in [-0.2, -0.15) is 0 Å². The SMILES string of the molecule is CN(Cc1ccc(-c2ccccc2S(N)(=O)=O)cc1)C(=O)C1CCC[C@H]1C(=O)NCc1cc(F)cc(F)c1. The molecule has 1 unspecified atom stereocenters. The molecule has 1 aliphatic carbocycles. The van der Waals surface area contributed by atoms with E-state index in [1.165, 1.54) is 6.07 Å². The number of hydrogen-bond donors (Lipinski definition) is 2. The fourth-order valence-corrected chi connectivity index (χ4v) is 5.74. The van der Waals surface area contributed by atoms with Crippen LogP contribution < -0.4 is 10.5 Å². The fourth-order valence-electron chi connectivity index (χ4n) is 4.98. The minimum Gasteiger partial charge on any atom is -0.352 e. The molecule has 3 aromatic rings. The Morgan fingerprint density at radius 2 is 1.58 bits per heavy atom. The zero-order chi connectivity index (χ0) is 27.4. The van der Waals surface area contributed by atoms with Crippen molar-refractivity contribution in [2.45, 2.75) is 37.2 Å². The van der Waals surface area contributed by atoms with E-state index in [1.807, 2.05) is 12.1 Å². The molecule has 200 valence electrons. The molecule has 2 atom stereocenters. The second-order valence-corrected chi connectivity index (χ2v) is 11.1. The number of nitrogens with two attached hydrogens (primary N) is 1. The third-order valence-electron chi connectivity index (χ3n) is 6.81. The third kappa shape index (κ3) is 6.43. The molecule has 2 amide bonds. The van der Waals surface area contributed by atoms with Crippen LogP contribution in [0.25, 0.3) is 11.1 Å². The molecular weight excluding hydrogens is 512 g/mol. The molecule has 1 fully saturated rings. The number of amides is 2. The highest BCUT2D eigenvalue weighted by molar-refractivity contribution is 7.89. The predicted molar refractivity (Wildman–Crippen MR) is 139 cm³/mol. The average Bonchev–Trinajstić information content (AvgIpc) is 3.36. The van der Waals surface area contributed by atoms with Crippen molar-refractivity contribution in [3.05, 3.63) is 89.5 Å². The van der Waals surface area contributed by atoms with Gasteiger partial charge in [0.2, 0.25) is 21.8 Å². The van der Waals surface area contributed by atoms with Gasteiger partial charge >= 0.3 is 0 Å². The molecular formula is C28H29F2N3O4S. The van der Waals surface area contributed by atoms with E-state index < -0.39 is 33.5 Å². The maximum Gasteiger partial charge on any atom is 0.238 e. The van der Waals surface area contributed by atoms with Gasteiger partial charge in [-0.05, 0) is 47.7 Å². The average molecular weight is 542 g/mol. The molecule has 0 spiro atoms. The lowest BCUT2D eigenvalue weighted by Gasteiger charge is -2.25. The number of nitrogens with zero attached hydrogens (tertiary/aromatic N) is 1. The number of primary sulfonamides is 1. The Bertz CT molecular complexity index is 1420. The van der Waals surface area contributed by atoms with Gasteiger partial charge in [0.1, 0.15) is 11.6 Å². The molecule has 0 aromatic heterocycles. The maximum atomic E-state index is 13.4. The molecule has 0 aliphatic heterocycles. The first-order valence-electron chi connectivity index (χ1n) is 12.2. The number of nitrogens with one attached hydrogen (secondary N) is 1. The van der Waals surface area contributed by atoms with Gasteiger partial charge < -0.3 is 10.2 Å². The molecule has 1 aliphatic rings. The van der Waals surface area contributed by atoms with Crippen LogP contribution in [0, 0.1) is 23.5 Å². The van der Waals surface area contributed by atoms with Crippen LogP contribution in [0.2, 0.25) is 0 Å². The summed E-state index contributed by atoms with van der Waals surface area (Å²) in [5.41, 5.74) is 2.32.